The number of carbonyl (C=O) groups is 1. The largest absolute Gasteiger partial charge is 0.351 e. The molecule has 0 spiro atoms. The molecule has 1 rings (SSSR count). The maximum absolute atomic E-state index is 11.9. The molecule has 0 saturated heterocycles. The van der Waals surface area contributed by atoms with Crippen molar-refractivity contribution >= 4 is 35.8 Å². The van der Waals surface area contributed by atoms with Gasteiger partial charge in [0, 0.05) is 24.7 Å². The first-order chi connectivity index (χ1) is 10.5. The van der Waals surface area contributed by atoms with Crippen LogP contribution in [-0.4, -0.2) is 36.7 Å². The zero-order valence-electron chi connectivity index (χ0n) is 13.6. The summed E-state index contributed by atoms with van der Waals surface area (Å²) < 4.78 is 0. The number of nitrogens with one attached hydrogen (secondary N) is 2. The smallest absolute Gasteiger partial charge is 0.283 e. The fourth-order valence-electron chi connectivity index (χ4n) is 1.73. The third kappa shape index (κ3) is 7.67. The van der Waals surface area contributed by atoms with Gasteiger partial charge in [0.15, 0.2) is 0 Å². The summed E-state index contributed by atoms with van der Waals surface area (Å²) in [7, 11) is 1.79. The van der Waals surface area contributed by atoms with Gasteiger partial charge in [-0.1, -0.05) is 13.8 Å². The average molecular weight is 362 g/mol. The van der Waals surface area contributed by atoms with E-state index in [0.29, 0.717) is 29.5 Å². The fourth-order valence-corrected chi connectivity index (χ4v) is 2.99. The second-order valence-corrected chi connectivity index (χ2v) is 6.47. The number of thioether (sulfide) groups is 1. The lowest BCUT2D eigenvalue weighted by Gasteiger charge is -2.08. The van der Waals surface area contributed by atoms with Crippen molar-refractivity contribution in [3.05, 3.63) is 33.9 Å². The minimum atomic E-state index is -0.428. The molecular formula is C15H24ClN3O3S. The highest BCUT2D eigenvalue weighted by Crippen LogP contribution is 2.31. The monoisotopic (exact) mass is 361 g/mol. The molecule has 0 bridgehead atoms. The summed E-state index contributed by atoms with van der Waals surface area (Å²) in [5.74, 6) is 1.09. The van der Waals surface area contributed by atoms with E-state index < -0.39 is 4.92 Å². The number of hydrogen-bond donors (Lipinski definition) is 2. The first kappa shape index (κ1) is 21.7. The standard InChI is InChI=1S/C15H23N3O3S.ClH/c1-11(2)6-9-22-14-5-4-12(10-13(14)18(20)21)15(19)17-8-7-16-3;/h4-5,10-11,16H,6-9H2,1-3H3,(H,17,19);1H. The van der Waals surface area contributed by atoms with Crippen molar-refractivity contribution in [2.24, 2.45) is 5.92 Å². The van der Waals surface area contributed by atoms with Crippen LogP contribution < -0.4 is 10.6 Å². The summed E-state index contributed by atoms with van der Waals surface area (Å²) in [4.78, 5) is 23.3. The predicted molar refractivity (Wildman–Crippen MR) is 96.8 cm³/mol. The van der Waals surface area contributed by atoms with Crippen LogP contribution in [0.4, 0.5) is 5.69 Å². The van der Waals surface area contributed by atoms with E-state index in [0.717, 1.165) is 12.2 Å². The first-order valence-corrected chi connectivity index (χ1v) is 8.28. The van der Waals surface area contributed by atoms with Gasteiger partial charge in [0.25, 0.3) is 11.6 Å². The molecule has 0 aromatic heterocycles. The Balaban J connectivity index is 0.00000484. The van der Waals surface area contributed by atoms with E-state index >= 15 is 0 Å². The Morgan fingerprint density at radius 2 is 2.04 bits per heavy atom. The maximum Gasteiger partial charge on any atom is 0.283 e. The van der Waals surface area contributed by atoms with Gasteiger partial charge in [-0.05, 0) is 37.3 Å². The molecule has 2 N–H and O–H groups in total. The Morgan fingerprint density at radius 1 is 1.35 bits per heavy atom. The number of amides is 1. The topological polar surface area (TPSA) is 84.3 Å². The van der Waals surface area contributed by atoms with Crippen LogP contribution in [0.1, 0.15) is 30.6 Å². The number of halogens is 1. The summed E-state index contributed by atoms with van der Waals surface area (Å²) in [5.41, 5.74) is 0.311. The molecule has 1 aromatic rings. The maximum atomic E-state index is 11.9. The second kappa shape index (κ2) is 11.3. The molecule has 0 aliphatic carbocycles. The zero-order chi connectivity index (χ0) is 16.5. The molecule has 130 valence electrons. The van der Waals surface area contributed by atoms with Crippen LogP contribution in [0.5, 0.6) is 0 Å². The lowest BCUT2D eigenvalue weighted by Crippen LogP contribution is -2.30. The number of likely N-dealkylation sites (N-methyl/N-ethyl adjacent to an activating group) is 1. The Kier molecular flexibility index (Phi) is 10.6. The molecule has 1 aromatic carbocycles. The summed E-state index contributed by atoms with van der Waals surface area (Å²) in [6.45, 7) is 5.37. The van der Waals surface area contributed by atoms with Gasteiger partial charge in [0.2, 0.25) is 0 Å². The highest BCUT2D eigenvalue weighted by atomic mass is 35.5. The van der Waals surface area contributed by atoms with Gasteiger partial charge in [0.1, 0.15) is 0 Å². The van der Waals surface area contributed by atoms with Crippen LogP contribution in [-0.2, 0) is 0 Å². The van der Waals surface area contributed by atoms with E-state index in [1.807, 2.05) is 0 Å². The minimum absolute atomic E-state index is 0. The average Bonchev–Trinajstić information content (AvgIpc) is 2.47. The number of nitro groups is 1. The number of nitro benzene ring substituents is 1. The van der Waals surface area contributed by atoms with E-state index in [1.54, 1.807) is 19.2 Å². The zero-order valence-corrected chi connectivity index (χ0v) is 15.3. The van der Waals surface area contributed by atoms with Gasteiger partial charge in [-0.3, -0.25) is 14.9 Å². The Hall–Kier alpha value is -1.31. The molecule has 0 aliphatic rings. The number of hydrogen-bond acceptors (Lipinski definition) is 5. The molecule has 0 aliphatic heterocycles. The molecule has 0 fully saturated rings. The van der Waals surface area contributed by atoms with Crippen LogP contribution in [0.2, 0.25) is 0 Å². The van der Waals surface area contributed by atoms with E-state index in [4.69, 9.17) is 0 Å². The van der Waals surface area contributed by atoms with Gasteiger partial charge in [-0.25, -0.2) is 0 Å². The van der Waals surface area contributed by atoms with Crippen molar-refractivity contribution in [1.82, 2.24) is 10.6 Å². The Labute approximate surface area is 147 Å². The minimum Gasteiger partial charge on any atom is -0.351 e. The molecule has 8 heteroatoms. The lowest BCUT2D eigenvalue weighted by atomic mass is 10.2. The third-order valence-corrected chi connectivity index (χ3v) is 4.13. The lowest BCUT2D eigenvalue weighted by molar-refractivity contribution is -0.387. The molecule has 0 heterocycles. The van der Waals surface area contributed by atoms with Crippen LogP contribution in [0.3, 0.4) is 0 Å². The van der Waals surface area contributed by atoms with E-state index in [2.05, 4.69) is 24.5 Å². The number of carbonyl (C=O) groups excluding carboxylic acids is 1. The third-order valence-electron chi connectivity index (χ3n) is 3.03. The highest BCUT2D eigenvalue weighted by Gasteiger charge is 2.17. The van der Waals surface area contributed by atoms with E-state index in [1.165, 1.54) is 17.8 Å². The van der Waals surface area contributed by atoms with Crippen molar-refractivity contribution in [2.75, 3.05) is 25.9 Å². The number of rotatable bonds is 9. The molecule has 23 heavy (non-hydrogen) atoms. The Bertz CT molecular complexity index is 527. The van der Waals surface area contributed by atoms with Crippen LogP contribution >= 0.6 is 24.2 Å². The van der Waals surface area contributed by atoms with Gasteiger partial charge in [-0.2, -0.15) is 0 Å². The van der Waals surface area contributed by atoms with Crippen LogP contribution in [0.15, 0.2) is 23.1 Å². The van der Waals surface area contributed by atoms with Crippen LogP contribution in [0.25, 0.3) is 0 Å². The summed E-state index contributed by atoms with van der Waals surface area (Å²) in [6, 6.07) is 4.65. The van der Waals surface area contributed by atoms with Crippen molar-refractivity contribution in [3.63, 3.8) is 0 Å². The van der Waals surface area contributed by atoms with Crippen LogP contribution in [0, 0.1) is 16.0 Å². The van der Waals surface area contributed by atoms with Crippen molar-refractivity contribution in [3.8, 4) is 0 Å². The molecule has 0 atom stereocenters. The van der Waals surface area contributed by atoms with Gasteiger partial charge >= 0.3 is 0 Å². The number of nitrogens with zero attached hydrogens (tertiary/aromatic N) is 1. The molecular weight excluding hydrogens is 338 g/mol. The van der Waals surface area contributed by atoms with Crippen molar-refractivity contribution < 1.29 is 9.72 Å². The highest BCUT2D eigenvalue weighted by molar-refractivity contribution is 7.99. The molecule has 0 unspecified atom stereocenters. The van der Waals surface area contributed by atoms with Crippen molar-refractivity contribution in [2.45, 2.75) is 25.2 Å². The Morgan fingerprint density at radius 3 is 2.61 bits per heavy atom. The second-order valence-electron chi connectivity index (χ2n) is 5.33. The van der Waals surface area contributed by atoms with E-state index in [-0.39, 0.29) is 24.0 Å². The molecule has 0 radical (unpaired) electrons. The summed E-state index contributed by atoms with van der Waals surface area (Å²) in [5, 5.41) is 16.8. The van der Waals surface area contributed by atoms with Gasteiger partial charge < -0.3 is 10.6 Å². The SMILES string of the molecule is CNCCNC(=O)c1ccc(SCCC(C)C)c([N+](=O)[O-])c1.Cl. The normalized spacial score (nSPS) is 10.3. The quantitative estimate of drug-likeness (QED) is 0.305. The summed E-state index contributed by atoms with van der Waals surface area (Å²) in [6.07, 6.45) is 0.994. The van der Waals surface area contributed by atoms with Gasteiger partial charge in [-0.15, -0.1) is 24.2 Å². The van der Waals surface area contributed by atoms with Crippen molar-refractivity contribution in [1.29, 1.82) is 0 Å². The molecule has 1 amide bonds. The van der Waals surface area contributed by atoms with Gasteiger partial charge in [0.05, 0.1) is 9.82 Å². The molecule has 0 saturated carbocycles. The fraction of sp³-hybridized carbons (Fsp3) is 0.533. The number of benzene rings is 1. The molecule has 6 nitrogen and oxygen atoms in total. The summed E-state index contributed by atoms with van der Waals surface area (Å²) >= 11 is 1.46. The van der Waals surface area contributed by atoms with E-state index in [9.17, 15) is 14.9 Å². The first-order valence-electron chi connectivity index (χ1n) is 7.29. The predicted octanol–water partition coefficient (Wildman–Crippen LogP) is 3.10.